The lowest BCUT2D eigenvalue weighted by atomic mass is 9.86. The minimum Gasteiger partial charge on any atom is -0.494 e. The Morgan fingerprint density at radius 3 is 2.77 bits per heavy atom. The molecule has 2 aliphatic heterocycles. The van der Waals surface area contributed by atoms with Gasteiger partial charge in [0.25, 0.3) is 5.91 Å². The molecule has 3 heterocycles. The number of hydrogen-bond donors (Lipinski definition) is 2. The molecule has 5 rings (SSSR count). The quantitative estimate of drug-likeness (QED) is 0.517. The van der Waals surface area contributed by atoms with Crippen LogP contribution in [0.2, 0.25) is 0 Å². The number of nitrogens with zero attached hydrogens (tertiary/aromatic N) is 2. The van der Waals surface area contributed by atoms with E-state index in [1.54, 1.807) is 17.2 Å². The predicted molar refractivity (Wildman–Crippen MR) is 131 cm³/mol. The van der Waals surface area contributed by atoms with E-state index in [0.717, 1.165) is 35.3 Å². The van der Waals surface area contributed by atoms with Crippen molar-refractivity contribution in [2.24, 2.45) is 5.41 Å². The summed E-state index contributed by atoms with van der Waals surface area (Å²) in [5.41, 5.74) is 3.75. The molecule has 0 bridgehead atoms. The number of benzene rings is 2. The van der Waals surface area contributed by atoms with Gasteiger partial charge in [0.1, 0.15) is 5.82 Å². The molecule has 2 aromatic carbocycles. The number of methoxy groups -OCH3 is 1. The van der Waals surface area contributed by atoms with Crippen molar-refractivity contribution < 1.29 is 23.8 Å². The van der Waals surface area contributed by atoms with Crippen molar-refractivity contribution >= 4 is 17.4 Å². The molecule has 0 saturated carbocycles. The van der Waals surface area contributed by atoms with Crippen LogP contribution in [0.25, 0.3) is 0 Å². The number of amides is 1. The lowest BCUT2D eigenvalue weighted by Crippen LogP contribution is -2.55. The number of rotatable bonds is 8. The molecular weight excluding hydrogens is 449 g/mol. The maximum Gasteiger partial charge on any atom is 0.259 e. The van der Waals surface area contributed by atoms with Gasteiger partial charge in [-0.1, -0.05) is 12.1 Å². The molecule has 0 atom stereocenters. The molecule has 0 spiro atoms. The molecule has 1 amide bonds. The zero-order chi connectivity index (χ0) is 24.4. The summed E-state index contributed by atoms with van der Waals surface area (Å²) in [5, 5.41) is 13.4. The van der Waals surface area contributed by atoms with E-state index in [4.69, 9.17) is 9.47 Å². The zero-order valence-corrected chi connectivity index (χ0v) is 19.6. The van der Waals surface area contributed by atoms with Crippen molar-refractivity contribution in [2.75, 3.05) is 50.2 Å². The molecule has 0 unspecified atom stereocenters. The fraction of sp³-hybridized carbons (Fsp3) is 0.333. The van der Waals surface area contributed by atoms with Crippen LogP contribution in [0.5, 0.6) is 5.75 Å². The number of carbonyl (C=O) groups is 1. The minimum atomic E-state index is -0.525. The van der Waals surface area contributed by atoms with E-state index in [9.17, 15) is 14.3 Å². The van der Waals surface area contributed by atoms with Crippen molar-refractivity contribution in [2.45, 2.75) is 12.8 Å². The third-order valence-corrected chi connectivity index (χ3v) is 6.70. The van der Waals surface area contributed by atoms with Crippen LogP contribution in [-0.2, 0) is 17.6 Å². The average molecular weight is 478 g/mol. The van der Waals surface area contributed by atoms with Crippen molar-refractivity contribution in [3.8, 4) is 5.75 Å². The topological polar surface area (TPSA) is 83.9 Å². The Labute approximate surface area is 203 Å². The summed E-state index contributed by atoms with van der Waals surface area (Å²) in [5.74, 6) is 0.107. The van der Waals surface area contributed by atoms with Gasteiger partial charge in [-0.05, 0) is 65.9 Å². The van der Waals surface area contributed by atoms with Crippen LogP contribution < -0.4 is 15.0 Å². The molecule has 35 heavy (non-hydrogen) atoms. The van der Waals surface area contributed by atoms with Crippen LogP contribution in [0.15, 0.2) is 54.7 Å². The predicted octanol–water partition coefficient (Wildman–Crippen LogP) is 3.44. The average Bonchev–Trinajstić information content (AvgIpc) is 3.33. The van der Waals surface area contributed by atoms with Gasteiger partial charge in [-0.15, -0.1) is 0 Å². The lowest BCUT2D eigenvalue weighted by molar-refractivity contribution is -0.130. The number of pyridine rings is 1. The Bertz CT molecular complexity index is 1240. The highest BCUT2D eigenvalue weighted by atomic mass is 19.1. The van der Waals surface area contributed by atoms with E-state index < -0.39 is 11.2 Å². The second kappa shape index (κ2) is 9.64. The van der Waals surface area contributed by atoms with Gasteiger partial charge in [0.2, 0.25) is 0 Å². The van der Waals surface area contributed by atoms with E-state index >= 15 is 0 Å². The molecule has 2 aliphatic rings. The van der Waals surface area contributed by atoms with Gasteiger partial charge in [-0.3, -0.25) is 9.69 Å². The Hall–Kier alpha value is -3.49. The van der Waals surface area contributed by atoms with E-state index in [2.05, 4.69) is 10.3 Å². The van der Waals surface area contributed by atoms with Crippen molar-refractivity contribution in [3.05, 3.63) is 82.8 Å². The summed E-state index contributed by atoms with van der Waals surface area (Å²) in [6, 6.07) is 14.3. The first-order valence-electron chi connectivity index (χ1n) is 11.7. The molecular formula is C27H28FN3O4. The molecule has 3 aromatic rings. The molecule has 1 fully saturated rings. The van der Waals surface area contributed by atoms with Crippen LogP contribution in [0.1, 0.15) is 27.0 Å². The first kappa shape index (κ1) is 23.3. The number of nitrogens with one attached hydrogen (secondary N) is 1. The highest BCUT2D eigenvalue weighted by Gasteiger charge is 2.42. The molecule has 2 N–H and O–H groups in total. The summed E-state index contributed by atoms with van der Waals surface area (Å²) < 4.78 is 24.6. The van der Waals surface area contributed by atoms with E-state index in [0.29, 0.717) is 31.0 Å². The van der Waals surface area contributed by atoms with E-state index in [-0.39, 0.29) is 24.8 Å². The molecule has 7 nitrogen and oxygen atoms in total. The Morgan fingerprint density at radius 2 is 2.06 bits per heavy atom. The Kier molecular flexibility index (Phi) is 6.40. The number of ether oxygens (including phenoxy) is 2. The van der Waals surface area contributed by atoms with Crippen LogP contribution >= 0.6 is 0 Å². The summed E-state index contributed by atoms with van der Waals surface area (Å²) in [6.07, 6.45) is 2.90. The molecule has 1 aromatic heterocycles. The fourth-order valence-electron chi connectivity index (χ4n) is 4.68. The molecule has 182 valence electrons. The number of carbonyl (C=O) groups excluding carboxylic acids is 1. The molecule has 0 aliphatic carbocycles. The van der Waals surface area contributed by atoms with Gasteiger partial charge in [0, 0.05) is 30.5 Å². The van der Waals surface area contributed by atoms with Crippen molar-refractivity contribution in [1.82, 2.24) is 4.98 Å². The van der Waals surface area contributed by atoms with Crippen LogP contribution in [0, 0.1) is 11.2 Å². The van der Waals surface area contributed by atoms with Gasteiger partial charge in [-0.2, -0.15) is 0 Å². The standard InChI is InChI=1S/C27H28FN3O4/c1-34-24-6-5-18(12-22(24)28)11-19-7-9-30-25(13-19)31(14-27(15-32)16-35-17-27)26(33)21-3-2-4-23-20(21)8-10-29-23/h2-7,9,12-13,29,32H,8,10-11,14-17H2,1H3. The fourth-order valence-corrected chi connectivity index (χ4v) is 4.68. The number of fused-ring (bicyclic) bond motifs is 1. The number of aliphatic hydroxyl groups is 1. The number of aliphatic hydroxyl groups excluding tert-OH is 1. The van der Waals surface area contributed by atoms with Gasteiger partial charge >= 0.3 is 0 Å². The van der Waals surface area contributed by atoms with Crippen LogP contribution in [0.4, 0.5) is 15.9 Å². The van der Waals surface area contributed by atoms with Gasteiger partial charge in [-0.25, -0.2) is 9.37 Å². The lowest BCUT2D eigenvalue weighted by Gasteiger charge is -2.43. The van der Waals surface area contributed by atoms with Gasteiger partial charge < -0.3 is 19.9 Å². The van der Waals surface area contributed by atoms with E-state index in [1.807, 2.05) is 36.4 Å². The zero-order valence-electron chi connectivity index (χ0n) is 19.6. The van der Waals surface area contributed by atoms with Gasteiger partial charge in [0.05, 0.1) is 32.3 Å². The first-order chi connectivity index (χ1) is 17.0. The molecule has 0 radical (unpaired) electrons. The second-order valence-electron chi connectivity index (χ2n) is 9.22. The number of aromatic nitrogens is 1. The van der Waals surface area contributed by atoms with E-state index in [1.165, 1.54) is 13.2 Å². The minimum absolute atomic E-state index is 0.0873. The van der Waals surface area contributed by atoms with Crippen LogP contribution in [0.3, 0.4) is 0 Å². The monoisotopic (exact) mass is 477 g/mol. The highest BCUT2D eigenvalue weighted by molar-refractivity contribution is 6.07. The maximum absolute atomic E-state index is 14.2. The third kappa shape index (κ3) is 4.59. The van der Waals surface area contributed by atoms with Crippen LogP contribution in [-0.4, -0.2) is 56.0 Å². The summed E-state index contributed by atoms with van der Waals surface area (Å²) >= 11 is 0. The first-order valence-corrected chi connectivity index (χ1v) is 11.7. The number of anilines is 2. The molecule has 8 heteroatoms. The Balaban J connectivity index is 1.48. The normalized spacial score (nSPS) is 15.6. The SMILES string of the molecule is COc1ccc(Cc2ccnc(N(CC3(CO)COC3)C(=O)c3cccc4c3CCN4)c2)cc1F. The Morgan fingerprint density at radius 1 is 1.23 bits per heavy atom. The number of halogens is 1. The third-order valence-electron chi connectivity index (χ3n) is 6.70. The summed E-state index contributed by atoms with van der Waals surface area (Å²) in [4.78, 5) is 20.1. The second-order valence-corrected chi connectivity index (χ2v) is 9.22. The van der Waals surface area contributed by atoms with Gasteiger partial charge in [0.15, 0.2) is 11.6 Å². The van der Waals surface area contributed by atoms with Crippen molar-refractivity contribution in [1.29, 1.82) is 0 Å². The van der Waals surface area contributed by atoms with Crippen molar-refractivity contribution in [3.63, 3.8) is 0 Å². The molecule has 1 saturated heterocycles. The maximum atomic E-state index is 14.2. The summed E-state index contributed by atoms with van der Waals surface area (Å²) in [7, 11) is 1.43. The summed E-state index contributed by atoms with van der Waals surface area (Å²) in [6.45, 7) is 1.75. The highest BCUT2D eigenvalue weighted by Crippen LogP contribution is 2.33. The number of hydrogen-bond acceptors (Lipinski definition) is 6. The largest absolute Gasteiger partial charge is 0.494 e. The smallest absolute Gasteiger partial charge is 0.259 e.